The van der Waals surface area contributed by atoms with Crippen molar-refractivity contribution in [3.05, 3.63) is 29.8 Å². The molecule has 2 unspecified atom stereocenters. The number of rotatable bonds is 8. The highest BCUT2D eigenvalue weighted by Gasteiger charge is 2.18. The molecule has 0 fully saturated rings. The molecule has 0 bridgehead atoms. The maximum atomic E-state index is 6.27. The second-order valence-electron chi connectivity index (χ2n) is 4.46. The molecular formula is C15H25NO2. The van der Waals surface area contributed by atoms with Gasteiger partial charge in [0.1, 0.15) is 5.75 Å². The third-order valence-corrected chi connectivity index (χ3v) is 3.08. The monoisotopic (exact) mass is 251 g/mol. The van der Waals surface area contributed by atoms with E-state index in [1.54, 1.807) is 7.11 Å². The number of hydrogen-bond donors (Lipinski definition) is 1. The van der Waals surface area contributed by atoms with Gasteiger partial charge < -0.3 is 15.2 Å². The van der Waals surface area contributed by atoms with Gasteiger partial charge in [0.2, 0.25) is 0 Å². The summed E-state index contributed by atoms with van der Waals surface area (Å²) in [6, 6.07) is 8.03. The highest BCUT2D eigenvalue weighted by Crippen LogP contribution is 2.20. The van der Waals surface area contributed by atoms with Gasteiger partial charge in [0.15, 0.2) is 0 Å². The van der Waals surface area contributed by atoms with E-state index in [1.165, 1.54) is 0 Å². The first-order chi connectivity index (χ1) is 8.72. The van der Waals surface area contributed by atoms with Crippen LogP contribution in [0.1, 0.15) is 32.3 Å². The van der Waals surface area contributed by atoms with Crippen molar-refractivity contribution in [1.29, 1.82) is 0 Å². The third kappa shape index (κ3) is 4.31. The second kappa shape index (κ2) is 8.11. The fraction of sp³-hybridized carbons (Fsp3) is 0.600. The number of para-hydroxylation sites is 1. The first-order valence-electron chi connectivity index (χ1n) is 6.72. The van der Waals surface area contributed by atoms with Gasteiger partial charge in [-0.15, -0.1) is 0 Å². The standard InChI is InChI=1S/C15H25NO2/c1-4-8-15(18-5-2)13(16)11-12-9-6-7-10-14(12)17-3/h6-7,9-10,13,15H,4-5,8,11,16H2,1-3H3. The number of methoxy groups -OCH3 is 1. The van der Waals surface area contributed by atoms with Crippen LogP contribution in [-0.4, -0.2) is 25.9 Å². The fourth-order valence-electron chi connectivity index (χ4n) is 2.18. The summed E-state index contributed by atoms with van der Waals surface area (Å²) in [7, 11) is 1.69. The molecule has 0 aliphatic carbocycles. The summed E-state index contributed by atoms with van der Waals surface area (Å²) in [4.78, 5) is 0. The van der Waals surface area contributed by atoms with Crippen molar-refractivity contribution in [2.75, 3.05) is 13.7 Å². The summed E-state index contributed by atoms with van der Waals surface area (Å²) >= 11 is 0. The van der Waals surface area contributed by atoms with Crippen LogP contribution >= 0.6 is 0 Å². The molecule has 0 heterocycles. The van der Waals surface area contributed by atoms with Crippen molar-refractivity contribution in [1.82, 2.24) is 0 Å². The lowest BCUT2D eigenvalue weighted by Gasteiger charge is -2.24. The van der Waals surface area contributed by atoms with Crippen molar-refractivity contribution in [3.63, 3.8) is 0 Å². The molecule has 0 saturated heterocycles. The smallest absolute Gasteiger partial charge is 0.122 e. The van der Waals surface area contributed by atoms with E-state index in [9.17, 15) is 0 Å². The number of hydrogen-bond acceptors (Lipinski definition) is 3. The van der Waals surface area contributed by atoms with Crippen LogP contribution in [-0.2, 0) is 11.2 Å². The lowest BCUT2D eigenvalue weighted by molar-refractivity contribution is 0.0377. The van der Waals surface area contributed by atoms with Crippen LogP contribution in [0.4, 0.5) is 0 Å². The Balaban J connectivity index is 2.68. The number of ether oxygens (including phenoxy) is 2. The average molecular weight is 251 g/mol. The van der Waals surface area contributed by atoms with E-state index >= 15 is 0 Å². The van der Waals surface area contributed by atoms with Crippen molar-refractivity contribution < 1.29 is 9.47 Å². The zero-order valence-electron chi connectivity index (χ0n) is 11.7. The lowest BCUT2D eigenvalue weighted by atomic mass is 9.98. The lowest BCUT2D eigenvalue weighted by Crippen LogP contribution is -2.38. The first kappa shape index (κ1) is 15.0. The Kier molecular flexibility index (Phi) is 6.76. The van der Waals surface area contributed by atoms with Gasteiger partial charge in [-0.3, -0.25) is 0 Å². The molecule has 1 rings (SSSR count). The van der Waals surface area contributed by atoms with Crippen molar-refractivity contribution in [3.8, 4) is 5.75 Å². The largest absolute Gasteiger partial charge is 0.496 e. The van der Waals surface area contributed by atoms with E-state index in [0.29, 0.717) is 6.61 Å². The van der Waals surface area contributed by atoms with E-state index in [1.807, 2.05) is 25.1 Å². The van der Waals surface area contributed by atoms with Crippen molar-refractivity contribution in [2.24, 2.45) is 5.73 Å². The molecule has 3 heteroatoms. The molecule has 0 spiro atoms. The molecule has 3 nitrogen and oxygen atoms in total. The van der Waals surface area contributed by atoms with Gasteiger partial charge in [-0.25, -0.2) is 0 Å². The summed E-state index contributed by atoms with van der Waals surface area (Å²) in [6.45, 7) is 4.88. The summed E-state index contributed by atoms with van der Waals surface area (Å²) in [5, 5.41) is 0. The van der Waals surface area contributed by atoms with Crippen molar-refractivity contribution in [2.45, 2.75) is 45.3 Å². The summed E-state index contributed by atoms with van der Waals surface area (Å²) in [5.41, 5.74) is 7.41. The van der Waals surface area contributed by atoms with Crippen LogP contribution in [0.5, 0.6) is 5.75 Å². The molecular weight excluding hydrogens is 226 g/mol. The Morgan fingerprint density at radius 1 is 1.22 bits per heavy atom. The van der Waals surface area contributed by atoms with Crippen molar-refractivity contribution >= 4 is 0 Å². The van der Waals surface area contributed by atoms with Gasteiger partial charge in [-0.2, -0.15) is 0 Å². The van der Waals surface area contributed by atoms with Gasteiger partial charge >= 0.3 is 0 Å². The zero-order chi connectivity index (χ0) is 13.4. The Hall–Kier alpha value is -1.06. The van der Waals surface area contributed by atoms with E-state index in [-0.39, 0.29) is 12.1 Å². The zero-order valence-corrected chi connectivity index (χ0v) is 11.7. The molecule has 0 aromatic heterocycles. The van der Waals surface area contributed by atoms with Crippen LogP contribution in [0.3, 0.4) is 0 Å². The van der Waals surface area contributed by atoms with E-state index in [0.717, 1.165) is 30.6 Å². The molecule has 0 saturated carbocycles. The summed E-state index contributed by atoms with van der Waals surface area (Å²) in [6.07, 6.45) is 3.01. The molecule has 0 amide bonds. The van der Waals surface area contributed by atoms with Crippen LogP contribution < -0.4 is 10.5 Å². The first-order valence-corrected chi connectivity index (χ1v) is 6.72. The third-order valence-electron chi connectivity index (χ3n) is 3.08. The molecule has 2 atom stereocenters. The minimum Gasteiger partial charge on any atom is -0.496 e. The van der Waals surface area contributed by atoms with E-state index in [4.69, 9.17) is 15.2 Å². The fourth-order valence-corrected chi connectivity index (χ4v) is 2.18. The van der Waals surface area contributed by atoms with Gasteiger partial charge in [0.05, 0.1) is 13.2 Å². The second-order valence-corrected chi connectivity index (χ2v) is 4.46. The highest BCUT2D eigenvalue weighted by atomic mass is 16.5. The molecule has 0 radical (unpaired) electrons. The Labute approximate surface area is 110 Å². The minimum atomic E-state index is 0.0150. The predicted octanol–water partition coefficient (Wildman–Crippen LogP) is 2.77. The number of nitrogens with two attached hydrogens (primary N) is 1. The average Bonchev–Trinajstić information content (AvgIpc) is 2.39. The summed E-state index contributed by atoms with van der Waals surface area (Å²) in [5.74, 6) is 0.902. The molecule has 102 valence electrons. The molecule has 0 aliphatic heterocycles. The molecule has 1 aromatic rings. The Bertz CT molecular complexity index is 335. The predicted molar refractivity (Wildman–Crippen MR) is 75.0 cm³/mol. The van der Waals surface area contributed by atoms with Gasteiger partial charge in [0, 0.05) is 12.6 Å². The van der Waals surface area contributed by atoms with Gasteiger partial charge in [-0.05, 0) is 31.4 Å². The SMILES string of the molecule is CCCC(OCC)C(N)Cc1ccccc1OC. The minimum absolute atomic E-state index is 0.0150. The van der Waals surface area contributed by atoms with Crippen LogP contribution in [0.25, 0.3) is 0 Å². The van der Waals surface area contributed by atoms with E-state index in [2.05, 4.69) is 13.0 Å². The molecule has 0 aliphatic rings. The molecule has 1 aromatic carbocycles. The Morgan fingerprint density at radius 3 is 2.56 bits per heavy atom. The van der Waals surface area contributed by atoms with E-state index < -0.39 is 0 Å². The normalized spacial score (nSPS) is 14.2. The molecule has 2 N–H and O–H groups in total. The number of benzene rings is 1. The maximum Gasteiger partial charge on any atom is 0.122 e. The van der Waals surface area contributed by atoms with Crippen LogP contribution in [0.15, 0.2) is 24.3 Å². The topological polar surface area (TPSA) is 44.5 Å². The quantitative estimate of drug-likeness (QED) is 0.772. The van der Waals surface area contributed by atoms with Crippen LogP contribution in [0, 0.1) is 0 Å². The summed E-state index contributed by atoms with van der Waals surface area (Å²) < 4.78 is 11.1. The highest BCUT2D eigenvalue weighted by molar-refractivity contribution is 5.33. The van der Waals surface area contributed by atoms with Crippen LogP contribution in [0.2, 0.25) is 0 Å². The van der Waals surface area contributed by atoms with Gasteiger partial charge in [0.25, 0.3) is 0 Å². The van der Waals surface area contributed by atoms with Gasteiger partial charge in [-0.1, -0.05) is 31.5 Å². The maximum absolute atomic E-state index is 6.27. The molecule has 18 heavy (non-hydrogen) atoms. The Morgan fingerprint density at radius 2 is 1.94 bits per heavy atom.